The maximum Gasteiger partial charge on any atom is 0.336 e. The number of benzene rings is 1. The molecular formula is C21H22O5. The summed E-state index contributed by atoms with van der Waals surface area (Å²) in [6.07, 6.45) is 6.06. The molecule has 1 unspecified atom stereocenters. The van der Waals surface area contributed by atoms with Gasteiger partial charge in [-0.3, -0.25) is 0 Å². The van der Waals surface area contributed by atoms with Gasteiger partial charge in [0.25, 0.3) is 0 Å². The molecule has 3 heterocycles. The summed E-state index contributed by atoms with van der Waals surface area (Å²) in [5, 5.41) is 1.63. The lowest BCUT2D eigenvalue weighted by molar-refractivity contribution is 0.320. The van der Waals surface area contributed by atoms with E-state index in [-0.39, 0.29) is 5.60 Å². The van der Waals surface area contributed by atoms with Gasteiger partial charge < -0.3 is 18.3 Å². The Bertz CT molecular complexity index is 1040. The van der Waals surface area contributed by atoms with Gasteiger partial charge in [0.1, 0.15) is 23.5 Å². The van der Waals surface area contributed by atoms with Crippen LogP contribution in [0.15, 0.2) is 55.8 Å². The minimum Gasteiger partial charge on any atom is -0.488 e. The van der Waals surface area contributed by atoms with Gasteiger partial charge in [0.05, 0.1) is 28.7 Å². The topological polar surface area (TPSA) is 65.1 Å². The van der Waals surface area contributed by atoms with Crippen molar-refractivity contribution in [1.29, 1.82) is 0 Å². The summed E-state index contributed by atoms with van der Waals surface area (Å²) in [7, 11) is 0. The van der Waals surface area contributed by atoms with Crippen LogP contribution >= 0.6 is 0 Å². The molecule has 1 atom stereocenters. The van der Waals surface area contributed by atoms with Crippen LogP contribution in [0.3, 0.4) is 0 Å². The van der Waals surface area contributed by atoms with Crippen molar-refractivity contribution in [2.75, 3.05) is 6.61 Å². The molecule has 0 aliphatic carbocycles. The first-order valence-corrected chi connectivity index (χ1v) is 8.84. The largest absolute Gasteiger partial charge is 0.488 e. The van der Waals surface area contributed by atoms with E-state index in [0.29, 0.717) is 29.6 Å². The lowest BCUT2D eigenvalue weighted by Gasteiger charge is -2.09. The summed E-state index contributed by atoms with van der Waals surface area (Å²) in [5.41, 5.74) is 2.01. The van der Waals surface area contributed by atoms with Gasteiger partial charge in [-0.2, -0.15) is 0 Å². The van der Waals surface area contributed by atoms with Gasteiger partial charge in [-0.25, -0.2) is 4.79 Å². The summed E-state index contributed by atoms with van der Waals surface area (Å²) in [6, 6.07) is 6.71. The molecule has 1 aliphatic heterocycles. The summed E-state index contributed by atoms with van der Waals surface area (Å²) in [5.74, 6) is 0.672. The molecular weight excluding hydrogens is 332 g/mol. The summed E-state index contributed by atoms with van der Waals surface area (Å²) in [4.78, 5) is 11.5. The number of allylic oxidation sites excluding steroid dienone is 1. The maximum atomic E-state index is 11.5. The quantitative estimate of drug-likeness (QED) is 0.361. The van der Waals surface area contributed by atoms with Gasteiger partial charge in [0, 0.05) is 12.1 Å². The molecule has 3 aromatic rings. The SMILES string of the molecule is CC(=CCOc1c2ccoc2cc2oc(=O)ccc12)CCC1OC1(C)C. The van der Waals surface area contributed by atoms with E-state index in [1.54, 1.807) is 18.4 Å². The Morgan fingerprint density at radius 3 is 2.77 bits per heavy atom. The van der Waals surface area contributed by atoms with E-state index in [9.17, 15) is 4.79 Å². The number of epoxide rings is 1. The average molecular weight is 354 g/mol. The van der Waals surface area contributed by atoms with Gasteiger partial charge in [0.2, 0.25) is 0 Å². The zero-order valence-electron chi connectivity index (χ0n) is 15.2. The first kappa shape index (κ1) is 16.9. The van der Waals surface area contributed by atoms with E-state index in [4.69, 9.17) is 18.3 Å². The van der Waals surface area contributed by atoms with Crippen molar-refractivity contribution < 1.29 is 18.3 Å². The minimum absolute atomic E-state index is 0.0382. The van der Waals surface area contributed by atoms with Gasteiger partial charge in [-0.1, -0.05) is 5.57 Å². The van der Waals surface area contributed by atoms with Gasteiger partial charge in [-0.15, -0.1) is 0 Å². The molecule has 0 N–H and O–H groups in total. The Kier molecular flexibility index (Phi) is 4.11. The Morgan fingerprint density at radius 2 is 2.00 bits per heavy atom. The fourth-order valence-corrected chi connectivity index (χ4v) is 3.23. The molecule has 1 fully saturated rings. The van der Waals surface area contributed by atoms with Crippen molar-refractivity contribution in [3.05, 3.63) is 52.6 Å². The molecule has 1 saturated heterocycles. The van der Waals surface area contributed by atoms with Crippen molar-refractivity contribution in [2.24, 2.45) is 0 Å². The summed E-state index contributed by atoms with van der Waals surface area (Å²) < 4.78 is 22.4. The second-order valence-electron chi connectivity index (χ2n) is 7.31. The van der Waals surface area contributed by atoms with Crippen LogP contribution in [0.1, 0.15) is 33.6 Å². The van der Waals surface area contributed by atoms with Crippen LogP contribution in [0.2, 0.25) is 0 Å². The summed E-state index contributed by atoms with van der Waals surface area (Å²) in [6.45, 7) is 6.79. The van der Waals surface area contributed by atoms with E-state index in [0.717, 1.165) is 23.6 Å². The number of rotatable bonds is 6. The Labute approximate surface area is 151 Å². The second kappa shape index (κ2) is 6.32. The number of furan rings is 1. The lowest BCUT2D eigenvalue weighted by atomic mass is 10.0. The smallest absolute Gasteiger partial charge is 0.336 e. The summed E-state index contributed by atoms with van der Waals surface area (Å²) >= 11 is 0. The van der Waals surface area contributed by atoms with E-state index in [2.05, 4.69) is 26.8 Å². The van der Waals surface area contributed by atoms with E-state index >= 15 is 0 Å². The third-order valence-corrected chi connectivity index (χ3v) is 4.93. The number of hydrogen-bond donors (Lipinski definition) is 0. The Balaban J connectivity index is 1.51. The fourth-order valence-electron chi connectivity index (χ4n) is 3.23. The standard InChI is InChI=1S/C21H22O5/c1-13(4-6-18-21(2,3)26-18)8-10-24-20-14-5-7-19(22)25-17(14)12-16-15(20)9-11-23-16/h5,7-9,11-12,18H,4,6,10H2,1-3H3. The van der Waals surface area contributed by atoms with Crippen LogP contribution in [0.25, 0.3) is 21.9 Å². The minimum atomic E-state index is -0.393. The van der Waals surface area contributed by atoms with Crippen LogP contribution < -0.4 is 10.4 Å². The van der Waals surface area contributed by atoms with Gasteiger partial charge in [0.15, 0.2) is 0 Å². The number of hydrogen-bond acceptors (Lipinski definition) is 5. The second-order valence-corrected chi connectivity index (χ2v) is 7.31. The Morgan fingerprint density at radius 1 is 1.23 bits per heavy atom. The van der Waals surface area contributed by atoms with Crippen LogP contribution in [0, 0.1) is 0 Å². The highest BCUT2D eigenvalue weighted by molar-refractivity contribution is 6.01. The van der Waals surface area contributed by atoms with E-state index in [1.165, 1.54) is 11.6 Å². The highest BCUT2D eigenvalue weighted by Crippen LogP contribution is 2.39. The molecule has 136 valence electrons. The maximum absolute atomic E-state index is 11.5. The molecule has 5 nitrogen and oxygen atoms in total. The van der Waals surface area contributed by atoms with E-state index < -0.39 is 5.63 Å². The van der Waals surface area contributed by atoms with Crippen LogP contribution in [0.4, 0.5) is 0 Å². The highest BCUT2D eigenvalue weighted by Gasteiger charge is 2.46. The molecule has 1 aliphatic rings. The number of fused-ring (bicyclic) bond motifs is 2. The molecule has 0 radical (unpaired) electrons. The zero-order valence-corrected chi connectivity index (χ0v) is 15.2. The molecule has 4 rings (SSSR count). The van der Waals surface area contributed by atoms with Gasteiger partial charge in [-0.05, 0) is 51.8 Å². The van der Waals surface area contributed by atoms with Crippen LogP contribution in [-0.4, -0.2) is 18.3 Å². The van der Waals surface area contributed by atoms with Crippen molar-refractivity contribution >= 4 is 21.9 Å². The molecule has 2 aromatic heterocycles. The molecule has 0 spiro atoms. The normalized spacial score (nSPS) is 19.2. The van der Waals surface area contributed by atoms with Crippen molar-refractivity contribution in [3.8, 4) is 5.75 Å². The number of ether oxygens (including phenoxy) is 2. The molecule has 0 bridgehead atoms. The van der Waals surface area contributed by atoms with Crippen LogP contribution in [0.5, 0.6) is 5.75 Å². The average Bonchev–Trinajstić information content (AvgIpc) is 2.98. The molecule has 5 heteroatoms. The first-order chi connectivity index (χ1) is 12.4. The Hall–Kier alpha value is -2.53. The van der Waals surface area contributed by atoms with Gasteiger partial charge >= 0.3 is 5.63 Å². The van der Waals surface area contributed by atoms with Crippen molar-refractivity contribution in [1.82, 2.24) is 0 Å². The van der Waals surface area contributed by atoms with Crippen molar-refractivity contribution in [2.45, 2.75) is 45.3 Å². The lowest BCUT2D eigenvalue weighted by Crippen LogP contribution is -2.03. The van der Waals surface area contributed by atoms with Crippen LogP contribution in [-0.2, 0) is 4.74 Å². The molecule has 26 heavy (non-hydrogen) atoms. The predicted molar refractivity (Wildman–Crippen MR) is 99.7 cm³/mol. The van der Waals surface area contributed by atoms with Crippen molar-refractivity contribution in [3.63, 3.8) is 0 Å². The molecule has 0 saturated carbocycles. The zero-order chi connectivity index (χ0) is 18.3. The third kappa shape index (κ3) is 3.27. The monoisotopic (exact) mass is 354 g/mol. The first-order valence-electron chi connectivity index (χ1n) is 8.84. The molecule has 1 aromatic carbocycles. The fraction of sp³-hybridized carbons (Fsp3) is 0.381. The third-order valence-electron chi connectivity index (χ3n) is 4.93. The van der Waals surface area contributed by atoms with E-state index in [1.807, 2.05) is 6.07 Å². The predicted octanol–water partition coefficient (Wildman–Crippen LogP) is 4.82. The molecule has 0 amide bonds. The highest BCUT2D eigenvalue weighted by atomic mass is 16.6.